The van der Waals surface area contributed by atoms with Crippen LogP contribution in [-0.4, -0.2) is 0 Å². The molecule has 3 heteroatoms. The van der Waals surface area contributed by atoms with Crippen molar-refractivity contribution in [1.82, 2.24) is 0 Å². The summed E-state index contributed by atoms with van der Waals surface area (Å²) >= 11 is 4.74. The average molecular weight is 349 g/mol. The predicted octanol–water partition coefficient (Wildman–Crippen LogP) is 3.00. The molecule has 0 aromatic carbocycles. The van der Waals surface area contributed by atoms with Crippen molar-refractivity contribution in [3.8, 4) is 0 Å². The first-order chi connectivity index (χ1) is 3.33. The van der Waals surface area contributed by atoms with Crippen LogP contribution < -0.4 is 0 Å². The zero-order valence-electron chi connectivity index (χ0n) is 4.32. The van der Waals surface area contributed by atoms with E-state index in [1.165, 1.54) is 0 Å². The summed E-state index contributed by atoms with van der Waals surface area (Å²) in [4.78, 5) is 0. The van der Waals surface area contributed by atoms with Gasteiger partial charge in [-0.25, -0.2) is 0 Å². The molecular weight excluding hydrogens is 341 g/mol. The molecule has 0 unspecified atom stereocenters. The van der Waals surface area contributed by atoms with E-state index >= 15 is 0 Å². The Bertz CT molecular complexity index is 20.4. The van der Waals surface area contributed by atoms with Crippen LogP contribution in [-0.2, 0) is 9.47 Å². The number of hydrogen-bond donors (Lipinski definition) is 0. The Morgan fingerprint density at radius 2 is 2.17 bits per heavy atom. The maximum absolute atomic E-state index is 6.39. The first-order valence-corrected chi connectivity index (χ1v) is 10.4. The van der Waals surface area contributed by atoms with Gasteiger partial charge in [0.15, 0.2) is 0 Å². The van der Waals surface area contributed by atoms with E-state index in [0.717, 1.165) is 6.42 Å². The van der Waals surface area contributed by atoms with Gasteiger partial charge in [-0.05, 0) is 0 Å². The molecule has 0 aliphatic carbocycles. The van der Waals surface area contributed by atoms with Crippen LogP contribution in [0, 0.1) is 6.92 Å². The summed E-state index contributed by atoms with van der Waals surface area (Å²) in [5.41, 5.74) is 0. The molecule has 0 bridgehead atoms. The second-order valence-electron chi connectivity index (χ2n) is 0.417. The fraction of sp³-hybridized carbons (Fsp3) is 0.667. The molecule has 0 aromatic heterocycles. The summed E-state index contributed by atoms with van der Waals surface area (Å²) in [6.45, 7) is 3.88. The van der Waals surface area contributed by atoms with Crippen molar-refractivity contribution < 1.29 is 10.8 Å². The third kappa shape index (κ3) is 36.8. The number of halogens is 2. The van der Waals surface area contributed by atoms with Crippen molar-refractivity contribution >= 4 is 40.0 Å². The fourth-order valence-electron chi connectivity index (χ4n) is 0. The van der Waals surface area contributed by atoms with E-state index in [4.69, 9.17) is 1.37 Å². The molecule has 0 atom stereocenters. The SMILES string of the molecule is [2H]CC[CH2-].[I][V][I]. The van der Waals surface area contributed by atoms with E-state index in [-0.39, 0.29) is 0 Å². The Morgan fingerprint density at radius 1 is 2.00 bits per heavy atom. The number of rotatable bonds is 0. The molecule has 0 heterocycles. The third-order valence-corrected chi connectivity index (χ3v) is 0. The minimum atomic E-state index is 0.458. The van der Waals surface area contributed by atoms with Crippen molar-refractivity contribution in [3.05, 3.63) is 6.92 Å². The Morgan fingerprint density at radius 3 is 2.17 bits per heavy atom. The van der Waals surface area contributed by atoms with Gasteiger partial charge in [0, 0.05) is 1.37 Å². The molecule has 39 valence electrons. The molecule has 0 fully saturated rings. The van der Waals surface area contributed by atoms with E-state index in [9.17, 15) is 0 Å². The average Bonchev–Trinajstić information content (AvgIpc) is 1.69. The maximum atomic E-state index is 6.39. The van der Waals surface area contributed by atoms with Crippen LogP contribution in [0.5, 0.6) is 0 Å². The molecule has 0 saturated heterocycles. The molecule has 0 rings (SSSR count). The molecule has 0 saturated carbocycles. The van der Waals surface area contributed by atoms with Gasteiger partial charge in [0.1, 0.15) is 0 Å². The van der Waals surface area contributed by atoms with E-state index in [0.29, 0.717) is 16.4 Å². The van der Waals surface area contributed by atoms with Gasteiger partial charge in [0.2, 0.25) is 0 Å². The van der Waals surface area contributed by atoms with Crippen LogP contribution >= 0.6 is 40.0 Å². The standard InChI is InChI=1S/C3H7.2HI.V/c1-3-2;;;/h1,3H2,2H3;2*1H;/q-1;;;+2/p-2/i2D;;;. The van der Waals surface area contributed by atoms with E-state index < -0.39 is 0 Å². The molecule has 0 spiro atoms. The van der Waals surface area contributed by atoms with E-state index in [2.05, 4.69) is 46.9 Å². The third-order valence-electron chi connectivity index (χ3n) is 0. The molecule has 0 N–H and O–H groups in total. The van der Waals surface area contributed by atoms with Crippen LogP contribution in [0.1, 0.15) is 14.7 Å². The van der Waals surface area contributed by atoms with Gasteiger partial charge >= 0.3 is 49.4 Å². The molecule has 0 nitrogen and oxygen atoms in total. The second-order valence-corrected chi connectivity index (χ2v) is 12.2. The van der Waals surface area contributed by atoms with Crippen LogP contribution in [0.25, 0.3) is 0 Å². The number of hydrogen-bond acceptors (Lipinski definition) is 0. The normalized spacial score (nSPS) is 7.50. The van der Waals surface area contributed by atoms with Gasteiger partial charge in [-0.1, -0.05) is 6.90 Å². The van der Waals surface area contributed by atoms with Gasteiger partial charge in [-0.15, -0.1) is 0 Å². The van der Waals surface area contributed by atoms with Crippen LogP contribution in [0.3, 0.4) is 0 Å². The zero-order valence-corrected chi connectivity index (χ0v) is 9.04. The van der Waals surface area contributed by atoms with Gasteiger partial charge < -0.3 is 6.92 Å². The van der Waals surface area contributed by atoms with E-state index in [1.807, 2.05) is 0 Å². The van der Waals surface area contributed by atoms with Gasteiger partial charge in [0.25, 0.3) is 0 Å². The minimum absolute atomic E-state index is 0.458. The zero-order chi connectivity index (χ0) is 6.12. The van der Waals surface area contributed by atoms with Crippen molar-refractivity contribution in [1.29, 1.82) is 0 Å². The van der Waals surface area contributed by atoms with Crippen LogP contribution in [0.15, 0.2) is 0 Å². The molecule has 0 amide bonds. The molecule has 6 heavy (non-hydrogen) atoms. The fourth-order valence-corrected chi connectivity index (χ4v) is 0. The monoisotopic (exact) mass is 349 g/mol. The molecular formula is C3H7I2V-. The van der Waals surface area contributed by atoms with E-state index in [1.54, 1.807) is 0 Å². The first kappa shape index (κ1) is 8.04. The Hall–Kier alpha value is 2.04. The van der Waals surface area contributed by atoms with Crippen LogP contribution in [0.2, 0.25) is 0 Å². The van der Waals surface area contributed by atoms with Crippen molar-refractivity contribution in [2.24, 2.45) is 0 Å². The summed E-state index contributed by atoms with van der Waals surface area (Å²) in [5, 5.41) is 0. The van der Waals surface area contributed by atoms with Crippen molar-refractivity contribution in [2.45, 2.75) is 13.3 Å². The molecule has 0 aromatic rings. The van der Waals surface area contributed by atoms with Crippen molar-refractivity contribution in [2.75, 3.05) is 0 Å². The summed E-state index contributed by atoms with van der Waals surface area (Å²) in [6, 6.07) is 0. The van der Waals surface area contributed by atoms with Gasteiger partial charge in [-0.2, -0.15) is 6.42 Å². The van der Waals surface area contributed by atoms with Crippen LogP contribution in [0.4, 0.5) is 0 Å². The second kappa shape index (κ2) is 15.7. The van der Waals surface area contributed by atoms with Crippen molar-refractivity contribution in [3.63, 3.8) is 0 Å². The Balaban J connectivity index is 0. The summed E-state index contributed by atoms with van der Waals surface area (Å²) < 4.78 is 6.39. The predicted molar refractivity (Wildman–Crippen MR) is 43.7 cm³/mol. The van der Waals surface area contributed by atoms with Gasteiger partial charge in [-0.3, -0.25) is 0 Å². The first-order valence-electron chi connectivity index (χ1n) is 2.05. The molecule has 0 aliphatic rings. The summed E-state index contributed by atoms with van der Waals surface area (Å²) in [6.07, 6.45) is 0.736. The Kier molecular flexibility index (Phi) is 21.1. The summed E-state index contributed by atoms with van der Waals surface area (Å²) in [5.74, 6) is 0. The molecule has 0 aliphatic heterocycles. The molecule has 0 radical (unpaired) electrons. The quantitative estimate of drug-likeness (QED) is 0.466. The summed E-state index contributed by atoms with van der Waals surface area (Å²) in [7, 11) is 0.628. The topological polar surface area (TPSA) is 0 Å². The Labute approximate surface area is 70.1 Å². The van der Waals surface area contributed by atoms with Gasteiger partial charge in [0.05, 0.1) is 0 Å².